The Labute approximate surface area is 171 Å². The van der Waals surface area contributed by atoms with Gasteiger partial charge in [-0.3, -0.25) is 14.5 Å². The van der Waals surface area contributed by atoms with Crippen molar-refractivity contribution in [3.63, 3.8) is 0 Å². The molecule has 1 unspecified atom stereocenters. The Kier molecular flexibility index (Phi) is 5.53. The minimum Gasteiger partial charge on any atom is -0.478 e. The largest absolute Gasteiger partial charge is 0.478 e. The molecule has 0 radical (unpaired) electrons. The number of carbonyl (C=O) groups excluding carboxylic acids is 2. The van der Waals surface area contributed by atoms with Crippen LogP contribution in [0.4, 0.5) is 5.69 Å². The standard InChI is InChI=1S/C23H27N3O3/c1-16-7-8-20-19(13-16)24-23(28)21(29-20)14-22(27)26-11-9-25(10-12-26)15-18-6-4-3-5-17(18)2/h3-8,13,21H,9-12,14-15H2,1-2H3,(H,24,28). The molecule has 152 valence electrons. The van der Waals surface area contributed by atoms with Crippen LogP contribution < -0.4 is 10.1 Å². The van der Waals surface area contributed by atoms with Crippen LogP contribution in [0.15, 0.2) is 42.5 Å². The van der Waals surface area contributed by atoms with Gasteiger partial charge in [-0.1, -0.05) is 30.3 Å². The van der Waals surface area contributed by atoms with Crippen LogP contribution in [0.2, 0.25) is 0 Å². The van der Waals surface area contributed by atoms with Crippen molar-refractivity contribution in [2.24, 2.45) is 0 Å². The molecule has 1 atom stereocenters. The molecule has 4 rings (SSSR count). The summed E-state index contributed by atoms with van der Waals surface area (Å²) >= 11 is 0. The van der Waals surface area contributed by atoms with E-state index in [0.29, 0.717) is 24.5 Å². The van der Waals surface area contributed by atoms with Crippen molar-refractivity contribution in [1.29, 1.82) is 0 Å². The zero-order valence-corrected chi connectivity index (χ0v) is 17.0. The number of aryl methyl sites for hydroxylation is 2. The van der Waals surface area contributed by atoms with Crippen molar-refractivity contribution in [1.82, 2.24) is 9.80 Å². The molecular formula is C23H27N3O3. The molecule has 1 fully saturated rings. The van der Waals surface area contributed by atoms with Gasteiger partial charge in [-0.05, 0) is 42.7 Å². The van der Waals surface area contributed by atoms with E-state index in [1.165, 1.54) is 11.1 Å². The van der Waals surface area contributed by atoms with Gasteiger partial charge >= 0.3 is 0 Å². The summed E-state index contributed by atoms with van der Waals surface area (Å²) in [6, 6.07) is 14.1. The van der Waals surface area contributed by atoms with Crippen LogP contribution in [0.5, 0.6) is 5.75 Å². The van der Waals surface area contributed by atoms with Gasteiger partial charge in [0.05, 0.1) is 12.1 Å². The van der Waals surface area contributed by atoms with Crippen LogP contribution in [0.1, 0.15) is 23.1 Å². The third-order valence-electron chi connectivity index (χ3n) is 5.69. The molecule has 2 aliphatic heterocycles. The summed E-state index contributed by atoms with van der Waals surface area (Å²) in [7, 11) is 0. The number of rotatable bonds is 4. The van der Waals surface area contributed by atoms with E-state index in [2.05, 4.69) is 41.4 Å². The first-order chi connectivity index (χ1) is 14.0. The fourth-order valence-corrected chi connectivity index (χ4v) is 3.87. The Bertz CT molecular complexity index is 919. The first-order valence-electron chi connectivity index (χ1n) is 10.1. The van der Waals surface area contributed by atoms with E-state index in [-0.39, 0.29) is 18.2 Å². The molecule has 2 heterocycles. The summed E-state index contributed by atoms with van der Waals surface area (Å²) in [4.78, 5) is 29.3. The van der Waals surface area contributed by atoms with Gasteiger partial charge in [0.25, 0.3) is 5.91 Å². The average molecular weight is 393 g/mol. The van der Waals surface area contributed by atoms with Gasteiger partial charge in [-0.15, -0.1) is 0 Å². The minimum absolute atomic E-state index is 0.0312. The van der Waals surface area contributed by atoms with Gasteiger partial charge < -0.3 is 15.0 Å². The maximum Gasteiger partial charge on any atom is 0.266 e. The Balaban J connectivity index is 1.30. The molecular weight excluding hydrogens is 366 g/mol. The number of carbonyl (C=O) groups is 2. The van der Waals surface area contributed by atoms with Crippen molar-refractivity contribution >= 4 is 17.5 Å². The Hall–Kier alpha value is -2.86. The van der Waals surface area contributed by atoms with E-state index in [1.807, 2.05) is 30.0 Å². The molecule has 29 heavy (non-hydrogen) atoms. The number of hydrogen-bond acceptors (Lipinski definition) is 4. The van der Waals surface area contributed by atoms with Crippen molar-refractivity contribution in [3.8, 4) is 5.75 Å². The van der Waals surface area contributed by atoms with Gasteiger partial charge in [-0.2, -0.15) is 0 Å². The molecule has 6 nitrogen and oxygen atoms in total. The van der Waals surface area contributed by atoms with Crippen molar-refractivity contribution < 1.29 is 14.3 Å². The molecule has 1 saturated heterocycles. The van der Waals surface area contributed by atoms with Crippen LogP contribution in [-0.4, -0.2) is 53.9 Å². The van der Waals surface area contributed by atoms with Crippen molar-refractivity contribution in [3.05, 3.63) is 59.2 Å². The van der Waals surface area contributed by atoms with E-state index in [4.69, 9.17) is 4.74 Å². The van der Waals surface area contributed by atoms with Crippen molar-refractivity contribution in [2.75, 3.05) is 31.5 Å². The predicted octanol–water partition coefficient (Wildman–Crippen LogP) is 2.74. The molecule has 1 N–H and O–H groups in total. The second-order valence-electron chi connectivity index (χ2n) is 7.88. The summed E-state index contributed by atoms with van der Waals surface area (Å²) in [5.74, 6) is 0.335. The smallest absolute Gasteiger partial charge is 0.266 e. The highest BCUT2D eigenvalue weighted by Gasteiger charge is 2.32. The topological polar surface area (TPSA) is 61.9 Å². The predicted molar refractivity (Wildman–Crippen MR) is 112 cm³/mol. The summed E-state index contributed by atoms with van der Waals surface area (Å²) in [5, 5.41) is 2.86. The summed E-state index contributed by atoms with van der Waals surface area (Å²) in [6.07, 6.45) is -0.709. The number of ether oxygens (including phenoxy) is 1. The third kappa shape index (κ3) is 4.43. The number of amides is 2. The number of nitrogens with zero attached hydrogens (tertiary/aromatic N) is 2. The van der Waals surface area contributed by atoms with Crippen LogP contribution in [0.25, 0.3) is 0 Å². The van der Waals surface area contributed by atoms with Crippen LogP contribution in [-0.2, 0) is 16.1 Å². The van der Waals surface area contributed by atoms with Crippen LogP contribution >= 0.6 is 0 Å². The van der Waals surface area contributed by atoms with E-state index in [0.717, 1.165) is 25.2 Å². The Morgan fingerprint density at radius 2 is 1.86 bits per heavy atom. The first kappa shape index (κ1) is 19.5. The number of hydrogen-bond donors (Lipinski definition) is 1. The lowest BCUT2D eigenvalue weighted by molar-refractivity contribution is -0.138. The SMILES string of the molecule is Cc1ccc2c(c1)NC(=O)C(CC(=O)N1CCN(Cc3ccccc3C)CC1)O2. The maximum atomic E-state index is 12.7. The molecule has 2 aromatic rings. The van der Waals surface area contributed by atoms with E-state index in [1.54, 1.807) is 0 Å². The molecule has 0 aliphatic carbocycles. The second kappa shape index (κ2) is 8.25. The molecule has 0 aromatic heterocycles. The molecule has 2 amide bonds. The summed E-state index contributed by atoms with van der Waals surface area (Å²) in [5.41, 5.74) is 4.34. The molecule has 6 heteroatoms. The fourth-order valence-electron chi connectivity index (χ4n) is 3.87. The van der Waals surface area contributed by atoms with E-state index >= 15 is 0 Å². The molecule has 0 saturated carbocycles. The third-order valence-corrected chi connectivity index (χ3v) is 5.69. The van der Waals surface area contributed by atoms with Crippen molar-refractivity contribution in [2.45, 2.75) is 32.9 Å². The number of benzene rings is 2. The van der Waals surface area contributed by atoms with Crippen LogP contribution in [0, 0.1) is 13.8 Å². The first-order valence-corrected chi connectivity index (χ1v) is 10.1. The minimum atomic E-state index is -0.775. The average Bonchev–Trinajstić information content (AvgIpc) is 2.71. The maximum absolute atomic E-state index is 12.7. The fraction of sp³-hybridized carbons (Fsp3) is 0.391. The zero-order valence-electron chi connectivity index (χ0n) is 17.0. The Morgan fingerprint density at radius 1 is 1.10 bits per heavy atom. The molecule has 0 spiro atoms. The van der Waals surface area contributed by atoms with Crippen LogP contribution in [0.3, 0.4) is 0 Å². The second-order valence-corrected chi connectivity index (χ2v) is 7.88. The lowest BCUT2D eigenvalue weighted by Crippen LogP contribution is -2.50. The van der Waals surface area contributed by atoms with Gasteiger partial charge in [0.1, 0.15) is 5.75 Å². The molecule has 2 aromatic carbocycles. The van der Waals surface area contributed by atoms with E-state index in [9.17, 15) is 9.59 Å². The number of fused-ring (bicyclic) bond motifs is 1. The zero-order chi connectivity index (χ0) is 20.4. The number of nitrogens with one attached hydrogen (secondary N) is 1. The summed E-state index contributed by atoms with van der Waals surface area (Å²) in [6.45, 7) is 8.01. The van der Waals surface area contributed by atoms with E-state index < -0.39 is 6.10 Å². The lowest BCUT2D eigenvalue weighted by Gasteiger charge is -2.36. The number of piperazine rings is 1. The highest BCUT2D eigenvalue weighted by Crippen LogP contribution is 2.31. The Morgan fingerprint density at radius 3 is 2.62 bits per heavy atom. The molecule has 0 bridgehead atoms. The lowest BCUT2D eigenvalue weighted by atomic mass is 10.1. The quantitative estimate of drug-likeness (QED) is 0.868. The van der Waals surface area contributed by atoms with Gasteiger partial charge in [-0.25, -0.2) is 0 Å². The van der Waals surface area contributed by atoms with Gasteiger partial charge in [0.15, 0.2) is 6.10 Å². The van der Waals surface area contributed by atoms with Gasteiger partial charge in [0.2, 0.25) is 5.91 Å². The monoisotopic (exact) mass is 393 g/mol. The number of anilines is 1. The molecule has 2 aliphatic rings. The van der Waals surface area contributed by atoms with Gasteiger partial charge in [0, 0.05) is 32.7 Å². The normalized spacial score (nSPS) is 19.3. The highest BCUT2D eigenvalue weighted by molar-refractivity contribution is 6.00. The highest BCUT2D eigenvalue weighted by atomic mass is 16.5. The summed E-state index contributed by atoms with van der Waals surface area (Å²) < 4.78 is 5.80.